The number of non-ortho nitro benzene ring substituents is 1. The lowest BCUT2D eigenvalue weighted by atomic mass is 10.0. The monoisotopic (exact) mass is 280 g/mol. The zero-order valence-electron chi connectivity index (χ0n) is 11.8. The van der Waals surface area contributed by atoms with Crippen molar-refractivity contribution < 1.29 is 14.8 Å². The van der Waals surface area contributed by atoms with Crippen LogP contribution >= 0.6 is 0 Å². The third kappa shape index (κ3) is 4.03. The molecule has 0 saturated carbocycles. The van der Waals surface area contributed by atoms with E-state index < -0.39 is 16.9 Å². The van der Waals surface area contributed by atoms with E-state index in [0.717, 1.165) is 12.8 Å². The number of aliphatic carboxylic acids is 1. The Morgan fingerprint density at radius 3 is 2.65 bits per heavy atom. The summed E-state index contributed by atoms with van der Waals surface area (Å²) < 4.78 is 0. The number of benzene rings is 1. The average molecular weight is 280 g/mol. The van der Waals surface area contributed by atoms with Gasteiger partial charge in [0, 0.05) is 12.1 Å². The number of carboxylic acid groups (broad SMARTS) is 1. The number of carboxylic acids is 1. The predicted octanol–water partition coefficient (Wildman–Crippen LogP) is 2.84. The fraction of sp³-hybridized carbons (Fsp3) is 0.500. The van der Waals surface area contributed by atoms with Gasteiger partial charge in [-0.3, -0.25) is 19.8 Å². The zero-order chi connectivity index (χ0) is 15.1. The van der Waals surface area contributed by atoms with E-state index in [0.29, 0.717) is 18.7 Å². The average Bonchev–Trinajstić information content (AvgIpc) is 2.42. The minimum absolute atomic E-state index is 0.0831. The maximum Gasteiger partial charge on any atom is 0.325 e. The van der Waals surface area contributed by atoms with E-state index in [1.54, 1.807) is 6.07 Å². The number of likely N-dealkylation sites (N-methyl/N-ethyl adjacent to an activating group) is 1. The fourth-order valence-electron chi connectivity index (χ4n) is 2.15. The van der Waals surface area contributed by atoms with Crippen LogP contribution in [0, 0.1) is 10.1 Å². The summed E-state index contributed by atoms with van der Waals surface area (Å²) in [5, 5.41) is 20.2. The van der Waals surface area contributed by atoms with Gasteiger partial charge in [-0.2, -0.15) is 0 Å². The molecule has 0 aromatic heterocycles. The van der Waals surface area contributed by atoms with Crippen molar-refractivity contribution in [3.63, 3.8) is 0 Å². The summed E-state index contributed by atoms with van der Waals surface area (Å²) in [6.45, 7) is 5.17. The summed E-state index contributed by atoms with van der Waals surface area (Å²) in [5.41, 5.74) is 0.366. The molecular weight excluding hydrogens is 260 g/mol. The van der Waals surface area contributed by atoms with Crippen molar-refractivity contribution in [2.45, 2.75) is 32.7 Å². The second-order valence-electron chi connectivity index (χ2n) is 4.58. The van der Waals surface area contributed by atoms with Crippen LogP contribution < -0.4 is 0 Å². The minimum atomic E-state index is -0.983. The molecule has 0 aliphatic rings. The van der Waals surface area contributed by atoms with E-state index in [1.165, 1.54) is 18.2 Å². The largest absolute Gasteiger partial charge is 0.480 e. The number of hydrogen-bond donors (Lipinski definition) is 1. The quantitative estimate of drug-likeness (QED) is 0.584. The summed E-state index contributed by atoms with van der Waals surface area (Å²) in [4.78, 5) is 23.6. The summed E-state index contributed by atoms with van der Waals surface area (Å²) in [6, 6.07) is 5.02. The lowest BCUT2D eigenvalue weighted by Gasteiger charge is -2.27. The Labute approximate surface area is 118 Å². The number of unbranched alkanes of at least 4 members (excludes halogenated alkanes) is 1. The Morgan fingerprint density at radius 2 is 2.15 bits per heavy atom. The molecule has 20 heavy (non-hydrogen) atoms. The summed E-state index contributed by atoms with van der Waals surface area (Å²) >= 11 is 0. The first-order valence-corrected chi connectivity index (χ1v) is 6.72. The van der Waals surface area contributed by atoms with Crippen LogP contribution in [0.15, 0.2) is 24.3 Å². The van der Waals surface area contributed by atoms with Crippen LogP contribution in [-0.4, -0.2) is 34.0 Å². The molecule has 0 amide bonds. The Kier molecular flexibility index (Phi) is 6.11. The SMILES string of the molecule is CCCCN(CC)C(C(=O)O)c1cccc([N+](=O)[O-])c1. The maximum absolute atomic E-state index is 11.5. The highest BCUT2D eigenvalue weighted by atomic mass is 16.6. The third-order valence-electron chi connectivity index (χ3n) is 3.20. The van der Waals surface area contributed by atoms with Crippen LogP contribution in [0.5, 0.6) is 0 Å². The van der Waals surface area contributed by atoms with Crippen molar-refractivity contribution in [2.24, 2.45) is 0 Å². The molecule has 6 heteroatoms. The zero-order valence-corrected chi connectivity index (χ0v) is 11.8. The van der Waals surface area contributed by atoms with Gasteiger partial charge in [-0.15, -0.1) is 0 Å². The molecule has 0 radical (unpaired) electrons. The highest BCUT2D eigenvalue weighted by Gasteiger charge is 2.27. The van der Waals surface area contributed by atoms with Gasteiger partial charge in [0.05, 0.1) is 4.92 Å². The van der Waals surface area contributed by atoms with Crippen LogP contribution in [0.3, 0.4) is 0 Å². The van der Waals surface area contributed by atoms with Crippen molar-refractivity contribution in [1.82, 2.24) is 4.90 Å². The molecule has 1 unspecified atom stereocenters. The molecule has 1 atom stereocenters. The first kappa shape index (κ1) is 16.1. The van der Waals surface area contributed by atoms with E-state index in [2.05, 4.69) is 0 Å². The van der Waals surface area contributed by atoms with Crippen LogP contribution in [0.4, 0.5) is 5.69 Å². The highest BCUT2D eigenvalue weighted by Crippen LogP contribution is 2.25. The lowest BCUT2D eigenvalue weighted by Crippen LogP contribution is -2.34. The molecular formula is C14H20N2O4. The van der Waals surface area contributed by atoms with E-state index in [4.69, 9.17) is 0 Å². The molecule has 0 heterocycles. The first-order chi connectivity index (χ1) is 9.51. The summed E-state index contributed by atoms with van der Waals surface area (Å²) in [6.07, 6.45) is 1.87. The Morgan fingerprint density at radius 1 is 1.45 bits per heavy atom. The number of nitrogens with zero attached hydrogens (tertiary/aromatic N) is 2. The number of hydrogen-bond acceptors (Lipinski definition) is 4. The molecule has 0 saturated heterocycles. The van der Waals surface area contributed by atoms with Gasteiger partial charge < -0.3 is 5.11 Å². The molecule has 6 nitrogen and oxygen atoms in total. The van der Waals surface area contributed by atoms with Crippen molar-refractivity contribution in [2.75, 3.05) is 13.1 Å². The third-order valence-corrected chi connectivity index (χ3v) is 3.20. The van der Waals surface area contributed by atoms with Crippen molar-refractivity contribution in [3.8, 4) is 0 Å². The molecule has 1 aromatic carbocycles. The van der Waals surface area contributed by atoms with Gasteiger partial charge in [0.1, 0.15) is 6.04 Å². The van der Waals surface area contributed by atoms with Crippen LogP contribution in [-0.2, 0) is 4.79 Å². The van der Waals surface area contributed by atoms with Crippen molar-refractivity contribution >= 4 is 11.7 Å². The number of rotatable bonds is 8. The Hall–Kier alpha value is -1.95. The van der Waals surface area contributed by atoms with Crippen LogP contribution in [0.2, 0.25) is 0 Å². The maximum atomic E-state index is 11.5. The van der Waals surface area contributed by atoms with Gasteiger partial charge in [-0.1, -0.05) is 32.4 Å². The van der Waals surface area contributed by atoms with Gasteiger partial charge >= 0.3 is 5.97 Å². The van der Waals surface area contributed by atoms with E-state index in [1.807, 2.05) is 18.7 Å². The lowest BCUT2D eigenvalue weighted by molar-refractivity contribution is -0.384. The van der Waals surface area contributed by atoms with E-state index >= 15 is 0 Å². The Balaban J connectivity index is 3.09. The van der Waals surface area contributed by atoms with Gasteiger partial charge in [0.2, 0.25) is 0 Å². The summed E-state index contributed by atoms with van der Waals surface area (Å²) in [7, 11) is 0. The molecule has 110 valence electrons. The molecule has 1 aromatic rings. The van der Waals surface area contributed by atoms with E-state index in [9.17, 15) is 20.0 Å². The standard InChI is InChI=1S/C14H20N2O4/c1-3-5-9-15(4-2)13(14(17)18)11-7-6-8-12(10-11)16(19)20/h6-8,10,13H,3-5,9H2,1-2H3,(H,17,18). The molecule has 0 bridgehead atoms. The Bertz CT molecular complexity index is 476. The normalized spacial score (nSPS) is 12.3. The van der Waals surface area contributed by atoms with Crippen LogP contribution in [0.1, 0.15) is 38.3 Å². The topological polar surface area (TPSA) is 83.7 Å². The highest BCUT2D eigenvalue weighted by molar-refractivity contribution is 5.75. The first-order valence-electron chi connectivity index (χ1n) is 6.72. The van der Waals surface area contributed by atoms with E-state index in [-0.39, 0.29) is 5.69 Å². The van der Waals surface area contributed by atoms with Crippen LogP contribution in [0.25, 0.3) is 0 Å². The van der Waals surface area contributed by atoms with Gasteiger partial charge in [0.15, 0.2) is 0 Å². The van der Waals surface area contributed by atoms with Crippen molar-refractivity contribution in [3.05, 3.63) is 39.9 Å². The predicted molar refractivity (Wildman–Crippen MR) is 75.6 cm³/mol. The molecule has 0 aliphatic heterocycles. The van der Waals surface area contributed by atoms with Gasteiger partial charge in [0.25, 0.3) is 5.69 Å². The molecule has 0 fully saturated rings. The summed E-state index contributed by atoms with van der Waals surface area (Å²) in [5.74, 6) is -0.983. The van der Waals surface area contributed by atoms with Crippen molar-refractivity contribution in [1.29, 1.82) is 0 Å². The number of nitro groups is 1. The molecule has 0 aliphatic carbocycles. The molecule has 1 N–H and O–H groups in total. The van der Waals surface area contributed by atoms with Gasteiger partial charge in [-0.05, 0) is 25.1 Å². The van der Waals surface area contributed by atoms with Gasteiger partial charge in [-0.25, -0.2) is 0 Å². The minimum Gasteiger partial charge on any atom is -0.480 e. The fourth-order valence-corrected chi connectivity index (χ4v) is 2.15. The second-order valence-corrected chi connectivity index (χ2v) is 4.58. The smallest absolute Gasteiger partial charge is 0.325 e. The number of nitro benzene ring substituents is 1. The molecule has 1 rings (SSSR count). The second kappa shape index (κ2) is 7.59. The molecule has 0 spiro atoms. The number of carbonyl (C=O) groups is 1.